The molecule has 0 unspecified atom stereocenters. The van der Waals surface area contributed by atoms with Crippen LogP contribution in [0.25, 0.3) is 0 Å². The second-order valence-corrected chi connectivity index (χ2v) is 6.44. The van der Waals surface area contributed by atoms with E-state index < -0.39 is 0 Å². The zero-order valence-corrected chi connectivity index (χ0v) is 15.2. The molecule has 5 nitrogen and oxygen atoms in total. The van der Waals surface area contributed by atoms with Crippen molar-refractivity contribution in [3.05, 3.63) is 0 Å². The maximum atomic E-state index is 9.18. The lowest BCUT2D eigenvalue weighted by Crippen LogP contribution is -2.33. The molecule has 0 saturated heterocycles. The minimum atomic E-state index is 0.222. The third-order valence-electron chi connectivity index (χ3n) is 3.15. The number of likely N-dealkylation sites (N-methyl/N-ethyl adjacent to an activating group) is 3. The topological polar surface area (TPSA) is 33.2 Å². The third kappa shape index (κ3) is 15.9. The number of rotatable bonds is 8. The lowest BCUT2D eigenvalue weighted by atomic mass is 10.3. The standard InChI is InChI=1S/C8H20N2.C7H18N2O/c1-8(2)10(5)7-6-9(3)4;1-7(2)9(10)6-5-8(3)4/h8H,6-7H2,1-5H3;7,10H,5-6H2,1-4H3. The van der Waals surface area contributed by atoms with Gasteiger partial charge in [0.1, 0.15) is 0 Å². The van der Waals surface area contributed by atoms with E-state index in [0.29, 0.717) is 12.6 Å². The summed E-state index contributed by atoms with van der Waals surface area (Å²) in [7, 11) is 10.4. The highest BCUT2D eigenvalue weighted by Crippen LogP contribution is 1.92. The number of hydrogen-bond donors (Lipinski definition) is 1. The first kappa shape index (κ1) is 22.1. The largest absolute Gasteiger partial charge is 0.314 e. The van der Waals surface area contributed by atoms with Crippen molar-refractivity contribution >= 4 is 0 Å². The van der Waals surface area contributed by atoms with E-state index in [1.54, 1.807) is 0 Å². The van der Waals surface area contributed by atoms with Gasteiger partial charge < -0.3 is 19.9 Å². The van der Waals surface area contributed by atoms with E-state index in [-0.39, 0.29) is 6.04 Å². The monoisotopic (exact) mass is 290 g/mol. The van der Waals surface area contributed by atoms with E-state index >= 15 is 0 Å². The molecule has 0 spiro atoms. The fraction of sp³-hybridized carbons (Fsp3) is 1.00. The second kappa shape index (κ2) is 12.5. The van der Waals surface area contributed by atoms with E-state index in [4.69, 9.17) is 0 Å². The summed E-state index contributed by atoms with van der Waals surface area (Å²) < 4.78 is 0. The molecule has 0 aliphatic rings. The second-order valence-electron chi connectivity index (χ2n) is 6.44. The van der Waals surface area contributed by atoms with Gasteiger partial charge in [-0.25, -0.2) is 0 Å². The molecular formula is C15H38N4O. The molecule has 0 aliphatic carbocycles. The fourth-order valence-electron chi connectivity index (χ4n) is 1.18. The Morgan fingerprint density at radius 1 is 0.650 bits per heavy atom. The summed E-state index contributed by atoms with van der Waals surface area (Å²) in [6.07, 6.45) is 0. The van der Waals surface area contributed by atoms with Crippen molar-refractivity contribution in [2.45, 2.75) is 39.8 Å². The van der Waals surface area contributed by atoms with Crippen LogP contribution in [0.5, 0.6) is 0 Å². The summed E-state index contributed by atoms with van der Waals surface area (Å²) in [5.41, 5.74) is 0. The van der Waals surface area contributed by atoms with Gasteiger partial charge in [0.05, 0.1) is 0 Å². The highest BCUT2D eigenvalue weighted by Gasteiger charge is 2.04. The molecule has 0 aromatic heterocycles. The Hall–Kier alpha value is -0.200. The van der Waals surface area contributed by atoms with Gasteiger partial charge in [0.2, 0.25) is 0 Å². The van der Waals surface area contributed by atoms with Gasteiger partial charge in [0, 0.05) is 38.3 Å². The Morgan fingerprint density at radius 2 is 1.05 bits per heavy atom. The SMILES string of the molecule is CC(C)N(C)CCN(C)C.CC(C)N(O)CCN(C)C. The van der Waals surface area contributed by atoms with Crippen LogP contribution in [0.4, 0.5) is 0 Å². The van der Waals surface area contributed by atoms with Gasteiger partial charge in [0.25, 0.3) is 0 Å². The van der Waals surface area contributed by atoms with Crippen LogP contribution in [-0.4, -0.2) is 98.5 Å². The van der Waals surface area contributed by atoms with Gasteiger partial charge in [-0.2, -0.15) is 5.06 Å². The third-order valence-corrected chi connectivity index (χ3v) is 3.15. The quantitative estimate of drug-likeness (QED) is 0.686. The van der Waals surface area contributed by atoms with Crippen molar-refractivity contribution in [3.8, 4) is 0 Å². The number of hydrogen-bond acceptors (Lipinski definition) is 5. The molecule has 0 heterocycles. The molecule has 0 radical (unpaired) electrons. The summed E-state index contributed by atoms with van der Waals surface area (Å²) >= 11 is 0. The van der Waals surface area contributed by atoms with Crippen LogP contribution in [0.2, 0.25) is 0 Å². The molecule has 0 aromatic carbocycles. The first-order valence-corrected chi connectivity index (χ1v) is 7.53. The molecule has 1 N–H and O–H groups in total. The van der Waals surface area contributed by atoms with Crippen molar-refractivity contribution < 1.29 is 5.21 Å². The first-order chi connectivity index (χ1) is 9.07. The zero-order valence-electron chi connectivity index (χ0n) is 15.2. The summed E-state index contributed by atoms with van der Waals surface area (Å²) in [5.74, 6) is 0. The average Bonchev–Trinajstić information content (AvgIpc) is 2.33. The van der Waals surface area contributed by atoms with Crippen LogP contribution >= 0.6 is 0 Å². The van der Waals surface area contributed by atoms with Crippen molar-refractivity contribution in [1.82, 2.24) is 19.8 Å². The average molecular weight is 290 g/mol. The van der Waals surface area contributed by atoms with E-state index in [1.165, 1.54) is 5.06 Å². The van der Waals surface area contributed by atoms with Gasteiger partial charge in [-0.1, -0.05) is 0 Å². The van der Waals surface area contributed by atoms with Gasteiger partial charge in [0.15, 0.2) is 0 Å². The van der Waals surface area contributed by atoms with Crippen LogP contribution in [0.3, 0.4) is 0 Å². The van der Waals surface area contributed by atoms with Crippen LogP contribution in [-0.2, 0) is 0 Å². The van der Waals surface area contributed by atoms with Gasteiger partial charge in [-0.05, 0) is 62.9 Å². The predicted molar refractivity (Wildman–Crippen MR) is 88.5 cm³/mol. The normalized spacial score (nSPS) is 12.0. The predicted octanol–water partition coefficient (Wildman–Crippen LogP) is 1.54. The smallest absolute Gasteiger partial charge is 0.0368 e. The molecule has 0 fully saturated rings. The summed E-state index contributed by atoms with van der Waals surface area (Å²) in [6.45, 7) is 12.3. The summed E-state index contributed by atoms with van der Waals surface area (Å²) in [4.78, 5) is 6.60. The first-order valence-electron chi connectivity index (χ1n) is 7.53. The maximum absolute atomic E-state index is 9.18. The van der Waals surface area contributed by atoms with E-state index in [1.807, 2.05) is 32.8 Å². The molecule has 0 atom stereocenters. The molecule has 0 aliphatic heterocycles. The van der Waals surface area contributed by atoms with Crippen molar-refractivity contribution in [3.63, 3.8) is 0 Å². The van der Waals surface area contributed by atoms with Gasteiger partial charge >= 0.3 is 0 Å². The minimum Gasteiger partial charge on any atom is -0.314 e. The minimum absolute atomic E-state index is 0.222. The molecule has 0 bridgehead atoms. The van der Waals surface area contributed by atoms with E-state index in [2.05, 4.69) is 44.8 Å². The molecule has 0 rings (SSSR count). The molecule has 5 heteroatoms. The highest BCUT2D eigenvalue weighted by atomic mass is 16.5. The van der Waals surface area contributed by atoms with Crippen LogP contribution in [0.1, 0.15) is 27.7 Å². The van der Waals surface area contributed by atoms with Crippen molar-refractivity contribution in [1.29, 1.82) is 0 Å². The highest BCUT2D eigenvalue weighted by molar-refractivity contribution is 4.57. The molecule has 124 valence electrons. The fourth-order valence-corrected chi connectivity index (χ4v) is 1.18. The molecule has 0 saturated carbocycles. The maximum Gasteiger partial charge on any atom is 0.0368 e. The Labute approximate surface area is 127 Å². The molecular weight excluding hydrogens is 252 g/mol. The lowest BCUT2D eigenvalue weighted by Gasteiger charge is -2.22. The van der Waals surface area contributed by atoms with Gasteiger partial charge in [-0.3, -0.25) is 0 Å². The Bertz CT molecular complexity index is 186. The molecule has 0 aromatic rings. The van der Waals surface area contributed by atoms with Crippen LogP contribution in [0, 0.1) is 0 Å². The Morgan fingerprint density at radius 3 is 1.35 bits per heavy atom. The van der Waals surface area contributed by atoms with Crippen molar-refractivity contribution in [2.24, 2.45) is 0 Å². The van der Waals surface area contributed by atoms with E-state index in [9.17, 15) is 5.21 Å². The van der Waals surface area contributed by atoms with Crippen LogP contribution in [0.15, 0.2) is 0 Å². The van der Waals surface area contributed by atoms with Crippen molar-refractivity contribution in [2.75, 3.05) is 61.4 Å². The summed E-state index contributed by atoms with van der Waals surface area (Å²) in [6, 6.07) is 0.889. The Balaban J connectivity index is 0. The van der Waals surface area contributed by atoms with Crippen LogP contribution < -0.4 is 0 Å². The Kier molecular flexibility index (Phi) is 13.8. The summed E-state index contributed by atoms with van der Waals surface area (Å²) in [5, 5.41) is 10.5. The number of nitrogens with zero attached hydrogens (tertiary/aromatic N) is 4. The lowest BCUT2D eigenvalue weighted by molar-refractivity contribution is -0.118. The zero-order chi connectivity index (χ0) is 16.3. The molecule has 0 amide bonds. The molecule has 20 heavy (non-hydrogen) atoms. The van der Waals surface area contributed by atoms with Gasteiger partial charge in [-0.15, -0.1) is 0 Å². The number of hydroxylamine groups is 2. The van der Waals surface area contributed by atoms with E-state index in [0.717, 1.165) is 19.6 Å².